The van der Waals surface area contributed by atoms with E-state index in [0.29, 0.717) is 21.7 Å². The van der Waals surface area contributed by atoms with E-state index in [0.717, 1.165) is 5.56 Å². The van der Waals surface area contributed by atoms with Crippen LogP contribution < -0.4 is 5.73 Å². The molecule has 0 aliphatic heterocycles. The average Bonchev–Trinajstić information content (AvgIpc) is 2.43. The van der Waals surface area contributed by atoms with Crippen LogP contribution in [0.15, 0.2) is 41.3 Å². The van der Waals surface area contributed by atoms with Crippen molar-refractivity contribution in [2.75, 3.05) is 5.73 Å². The van der Waals surface area contributed by atoms with Gasteiger partial charge >= 0.3 is 0 Å². The lowest BCUT2D eigenvalue weighted by molar-refractivity contribution is -0.385. The first-order valence-electron chi connectivity index (χ1n) is 6.38. The maximum absolute atomic E-state index is 12.5. The van der Waals surface area contributed by atoms with Gasteiger partial charge < -0.3 is 5.73 Å². The van der Waals surface area contributed by atoms with Crippen molar-refractivity contribution in [2.24, 2.45) is 0 Å². The predicted octanol–water partition coefficient (Wildman–Crippen LogP) is 3.10. The summed E-state index contributed by atoms with van der Waals surface area (Å²) < 4.78 is 12.5. The zero-order valence-corrected chi connectivity index (χ0v) is 12.6. The Balaban J connectivity index is 2.34. The van der Waals surface area contributed by atoms with Crippen molar-refractivity contribution in [3.05, 3.63) is 63.2 Å². The van der Waals surface area contributed by atoms with Gasteiger partial charge in [0.15, 0.2) is 0 Å². The molecule has 0 aliphatic rings. The highest BCUT2D eigenvalue weighted by Gasteiger charge is 2.16. The molecule has 2 aromatic rings. The molecule has 0 saturated carbocycles. The molecular formula is C15H16N2O3S. The Morgan fingerprint density at radius 2 is 1.81 bits per heavy atom. The molecule has 0 saturated heterocycles. The van der Waals surface area contributed by atoms with Gasteiger partial charge in [0.1, 0.15) is 0 Å². The second kappa shape index (κ2) is 6.05. The van der Waals surface area contributed by atoms with Gasteiger partial charge in [0, 0.05) is 22.2 Å². The van der Waals surface area contributed by atoms with Gasteiger partial charge in [0.2, 0.25) is 0 Å². The quantitative estimate of drug-likeness (QED) is 0.534. The lowest BCUT2D eigenvalue weighted by atomic mass is 10.1. The molecule has 0 spiro atoms. The number of nitro groups is 1. The minimum Gasteiger partial charge on any atom is -0.398 e. The van der Waals surface area contributed by atoms with Gasteiger partial charge in [-0.3, -0.25) is 14.3 Å². The van der Waals surface area contributed by atoms with Gasteiger partial charge in [-0.15, -0.1) is 0 Å². The summed E-state index contributed by atoms with van der Waals surface area (Å²) in [7, 11) is -1.29. The maximum atomic E-state index is 12.5. The first-order chi connectivity index (χ1) is 9.91. The van der Waals surface area contributed by atoms with Crippen LogP contribution in [0, 0.1) is 24.0 Å². The molecule has 0 heterocycles. The number of rotatable bonds is 4. The predicted molar refractivity (Wildman–Crippen MR) is 83.5 cm³/mol. The number of nitrogens with two attached hydrogens (primary N) is 1. The van der Waals surface area contributed by atoms with Crippen molar-refractivity contribution in [1.82, 2.24) is 0 Å². The van der Waals surface area contributed by atoms with E-state index in [1.54, 1.807) is 37.3 Å². The number of benzene rings is 2. The van der Waals surface area contributed by atoms with Crippen molar-refractivity contribution >= 4 is 22.2 Å². The first-order valence-corrected chi connectivity index (χ1v) is 7.70. The second-order valence-electron chi connectivity index (χ2n) is 4.78. The molecule has 1 unspecified atom stereocenters. The fourth-order valence-corrected chi connectivity index (χ4v) is 3.56. The average molecular weight is 304 g/mol. The number of nitro benzene ring substituents is 1. The molecule has 6 heteroatoms. The Morgan fingerprint density at radius 1 is 1.14 bits per heavy atom. The largest absolute Gasteiger partial charge is 0.398 e. The monoisotopic (exact) mass is 304 g/mol. The van der Waals surface area contributed by atoms with Gasteiger partial charge in [-0.25, -0.2) is 0 Å². The van der Waals surface area contributed by atoms with Gasteiger partial charge in [-0.2, -0.15) is 0 Å². The van der Waals surface area contributed by atoms with Crippen molar-refractivity contribution in [1.29, 1.82) is 0 Å². The van der Waals surface area contributed by atoms with Gasteiger partial charge in [-0.1, -0.05) is 18.2 Å². The standard InChI is InChI=1S/C15H16N2O3S/c1-10-12(5-3-7-14(10)17(18)19)9-21(20)15-8-4-6-13(16)11(15)2/h3-8H,9,16H2,1-2H3. The summed E-state index contributed by atoms with van der Waals surface area (Å²) in [4.78, 5) is 11.2. The number of hydrogen-bond acceptors (Lipinski definition) is 4. The van der Waals surface area contributed by atoms with Crippen LogP contribution in [0.25, 0.3) is 0 Å². The zero-order chi connectivity index (χ0) is 15.6. The van der Waals surface area contributed by atoms with Crippen molar-refractivity contribution in [3.8, 4) is 0 Å². The lowest BCUT2D eigenvalue weighted by Crippen LogP contribution is -2.03. The van der Waals surface area contributed by atoms with E-state index >= 15 is 0 Å². The summed E-state index contributed by atoms with van der Waals surface area (Å²) in [6.45, 7) is 3.50. The summed E-state index contributed by atoms with van der Waals surface area (Å²) in [5.41, 5.74) is 8.52. The molecule has 0 aromatic heterocycles. The van der Waals surface area contributed by atoms with Crippen LogP contribution in [-0.4, -0.2) is 9.13 Å². The summed E-state index contributed by atoms with van der Waals surface area (Å²) in [6.07, 6.45) is 0. The molecule has 110 valence electrons. The van der Waals surface area contributed by atoms with Crippen LogP contribution in [0.2, 0.25) is 0 Å². The molecule has 0 fully saturated rings. The SMILES string of the molecule is Cc1c(CS(=O)c2cccc(N)c2C)cccc1[N+](=O)[O-]. The van der Waals surface area contributed by atoms with Crippen molar-refractivity contribution in [3.63, 3.8) is 0 Å². The van der Waals surface area contributed by atoms with Crippen LogP contribution in [0.3, 0.4) is 0 Å². The third-order valence-corrected chi connectivity index (χ3v) is 4.98. The van der Waals surface area contributed by atoms with E-state index in [9.17, 15) is 14.3 Å². The summed E-state index contributed by atoms with van der Waals surface area (Å²) in [6, 6.07) is 10.1. The highest BCUT2D eigenvalue weighted by atomic mass is 32.2. The van der Waals surface area contributed by atoms with E-state index < -0.39 is 15.7 Å². The first kappa shape index (κ1) is 15.2. The number of hydrogen-bond donors (Lipinski definition) is 1. The Kier molecular flexibility index (Phi) is 4.37. The molecule has 0 bridgehead atoms. The fourth-order valence-electron chi connectivity index (χ4n) is 2.12. The van der Waals surface area contributed by atoms with Gasteiger partial charge in [0.05, 0.1) is 21.5 Å². The van der Waals surface area contributed by atoms with Crippen molar-refractivity contribution in [2.45, 2.75) is 24.5 Å². The molecular weight excluding hydrogens is 288 g/mol. The normalized spacial score (nSPS) is 12.1. The molecule has 2 rings (SSSR count). The third kappa shape index (κ3) is 3.11. The topological polar surface area (TPSA) is 86.2 Å². The number of anilines is 1. The number of nitrogen functional groups attached to an aromatic ring is 1. The number of nitrogens with zero attached hydrogens (tertiary/aromatic N) is 1. The minimum atomic E-state index is -1.29. The lowest BCUT2D eigenvalue weighted by Gasteiger charge is -2.10. The summed E-state index contributed by atoms with van der Waals surface area (Å²) in [5.74, 6) is 0.234. The van der Waals surface area contributed by atoms with Crippen LogP contribution in [-0.2, 0) is 16.6 Å². The Bertz CT molecular complexity index is 729. The van der Waals surface area contributed by atoms with Crippen molar-refractivity contribution < 1.29 is 9.13 Å². The van der Waals surface area contributed by atoms with Crippen LogP contribution in [0.4, 0.5) is 11.4 Å². The molecule has 5 nitrogen and oxygen atoms in total. The molecule has 21 heavy (non-hydrogen) atoms. The van der Waals surface area contributed by atoms with Crippen LogP contribution >= 0.6 is 0 Å². The van der Waals surface area contributed by atoms with Crippen LogP contribution in [0.5, 0.6) is 0 Å². The molecule has 2 N–H and O–H groups in total. The van der Waals surface area contributed by atoms with E-state index in [-0.39, 0.29) is 11.4 Å². The molecule has 0 aliphatic carbocycles. The highest BCUT2D eigenvalue weighted by Crippen LogP contribution is 2.25. The summed E-state index contributed by atoms with van der Waals surface area (Å²) in [5, 5.41) is 10.9. The van der Waals surface area contributed by atoms with E-state index in [2.05, 4.69) is 0 Å². The van der Waals surface area contributed by atoms with E-state index in [1.165, 1.54) is 6.07 Å². The molecule has 2 aromatic carbocycles. The van der Waals surface area contributed by atoms with E-state index in [1.807, 2.05) is 6.92 Å². The third-order valence-electron chi connectivity index (χ3n) is 3.47. The molecule has 0 amide bonds. The zero-order valence-electron chi connectivity index (χ0n) is 11.8. The smallest absolute Gasteiger partial charge is 0.272 e. The van der Waals surface area contributed by atoms with Crippen LogP contribution in [0.1, 0.15) is 16.7 Å². The Hall–Kier alpha value is -2.21. The fraction of sp³-hybridized carbons (Fsp3) is 0.200. The summed E-state index contributed by atoms with van der Waals surface area (Å²) >= 11 is 0. The van der Waals surface area contributed by atoms with Gasteiger partial charge in [-0.05, 0) is 37.1 Å². The van der Waals surface area contributed by atoms with Gasteiger partial charge in [0.25, 0.3) is 5.69 Å². The maximum Gasteiger partial charge on any atom is 0.272 e. The minimum absolute atomic E-state index is 0.0498. The Labute approximate surface area is 125 Å². The van der Waals surface area contributed by atoms with E-state index in [4.69, 9.17) is 5.73 Å². The molecule has 0 radical (unpaired) electrons. The second-order valence-corrected chi connectivity index (χ2v) is 6.20. The highest BCUT2D eigenvalue weighted by molar-refractivity contribution is 7.84. The Morgan fingerprint density at radius 3 is 2.48 bits per heavy atom. The molecule has 1 atom stereocenters.